The Kier molecular flexibility index (Phi) is 9.67. The number of carboxylic acid groups (broad SMARTS) is 2. The van der Waals surface area contributed by atoms with Crippen LogP contribution in [0.15, 0.2) is 24.3 Å². The number of nitrogens with one attached hydrogen (secondary N) is 1. The maximum atomic E-state index is 11.3. The number of benzene rings is 1. The molecule has 2 unspecified atom stereocenters. The molecule has 4 N–H and O–H groups in total. The van der Waals surface area contributed by atoms with E-state index in [0.29, 0.717) is 24.6 Å². The summed E-state index contributed by atoms with van der Waals surface area (Å²) >= 11 is 6.00. The number of aliphatic carboxylic acids is 2. The van der Waals surface area contributed by atoms with Crippen LogP contribution in [0.25, 0.3) is 0 Å². The highest BCUT2D eigenvalue weighted by atomic mass is 35.5. The number of rotatable bonds is 7. The molecule has 0 spiro atoms. The van der Waals surface area contributed by atoms with Crippen LogP contribution < -0.4 is 5.32 Å². The molecule has 1 heterocycles. The van der Waals surface area contributed by atoms with Gasteiger partial charge in [0.25, 0.3) is 0 Å². The maximum absolute atomic E-state index is 11.3. The summed E-state index contributed by atoms with van der Waals surface area (Å²) in [4.78, 5) is 18.2. The Hall–Kier alpha value is -1.72. The second-order valence-electron chi connectivity index (χ2n) is 5.88. The van der Waals surface area contributed by atoms with Crippen molar-refractivity contribution in [1.29, 1.82) is 0 Å². The third-order valence-electron chi connectivity index (χ3n) is 3.58. The molecule has 1 aromatic rings. The van der Waals surface area contributed by atoms with Crippen LogP contribution in [0.1, 0.15) is 12.0 Å². The molecule has 2 atom stereocenters. The molecule has 0 saturated carbocycles. The van der Waals surface area contributed by atoms with Crippen LogP contribution in [0.2, 0.25) is 5.02 Å². The Bertz CT molecular complexity index is 728. The molecule has 9 nitrogen and oxygen atoms in total. The molecule has 27 heavy (non-hydrogen) atoms. The monoisotopic (exact) mass is 423 g/mol. The number of carbonyl (C=O) groups is 2. The molecule has 0 aromatic heterocycles. The molecule has 1 saturated heterocycles. The van der Waals surface area contributed by atoms with E-state index in [9.17, 15) is 13.5 Å². The van der Waals surface area contributed by atoms with Gasteiger partial charge in [0.1, 0.15) is 0 Å². The van der Waals surface area contributed by atoms with E-state index in [1.54, 1.807) is 6.07 Å². The SMILES string of the molecule is O=C(O)C(=O)O.O=S1(=O)CCC(NCC(O)COCc2ccccc2Cl)C1. The zero-order valence-electron chi connectivity index (χ0n) is 14.4. The molecule has 0 radical (unpaired) electrons. The van der Waals surface area contributed by atoms with Gasteiger partial charge in [-0.05, 0) is 18.1 Å². The zero-order chi connectivity index (χ0) is 20.4. The molecule has 1 aliphatic heterocycles. The summed E-state index contributed by atoms with van der Waals surface area (Å²) in [6, 6.07) is 7.33. The van der Waals surface area contributed by atoms with Gasteiger partial charge in [0.15, 0.2) is 9.84 Å². The van der Waals surface area contributed by atoms with E-state index in [2.05, 4.69) is 5.32 Å². The number of sulfone groups is 1. The molecule has 1 aromatic carbocycles. The molecule has 152 valence electrons. The lowest BCUT2D eigenvalue weighted by molar-refractivity contribution is -0.159. The Balaban J connectivity index is 0.000000527. The van der Waals surface area contributed by atoms with Gasteiger partial charge in [-0.2, -0.15) is 0 Å². The van der Waals surface area contributed by atoms with E-state index in [1.807, 2.05) is 18.2 Å². The highest BCUT2D eigenvalue weighted by molar-refractivity contribution is 7.91. The van der Waals surface area contributed by atoms with Crippen LogP contribution in [-0.2, 0) is 30.8 Å². The Morgan fingerprint density at radius 2 is 1.89 bits per heavy atom. The Morgan fingerprint density at radius 1 is 1.26 bits per heavy atom. The lowest BCUT2D eigenvalue weighted by Gasteiger charge is -2.15. The number of hydrogen-bond acceptors (Lipinski definition) is 7. The van der Waals surface area contributed by atoms with Crippen molar-refractivity contribution in [2.75, 3.05) is 24.7 Å². The molecule has 0 bridgehead atoms. The number of aliphatic hydroxyl groups is 1. The summed E-state index contributed by atoms with van der Waals surface area (Å²) in [7, 11) is -2.89. The highest BCUT2D eigenvalue weighted by Gasteiger charge is 2.27. The summed E-state index contributed by atoms with van der Waals surface area (Å²) in [5, 5.41) is 28.3. The number of hydrogen-bond donors (Lipinski definition) is 4. The van der Waals surface area contributed by atoms with Crippen molar-refractivity contribution in [1.82, 2.24) is 5.32 Å². The van der Waals surface area contributed by atoms with Crippen LogP contribution in [0.4, 0.5) is 0 Å². The van der Waals surface area contributed by atoms with Gasteiger partial charge in [-0.25, -0.2) is 18.0 Å². The van der Waals surface area contributed by atoms with Crippen molar-refractivity contribution in [3.63, 3.8) is 0 Å². The molecule has 2 rings (SSSR count). The van der Waals surface area contributed by atoms with Crippen LogP contribution in [0, 0.1) is 0 Å². The first-order chi connectivity index (χ1) is 12.6. The minimum Gasteiger partial charge on any atom is -0.473 e. The fourth-order valence-corrected chi connectivity index (χ4v) is 4.14. The topological polar surface area (TPSA) is 150 Å². The quantitative estimate of drug-likeness (QED) is 0.449. The van der Waals surface area contributed by atoms with Crippen molar-refractivity contribution in [2.24, 2.45) is 0 Å². The van der Waals surface area contributed by atoms with Crippen LogP contribution >= 0.6 is 11.6 Å². The molecular formula is C16H22ClNO8S. The summed E-state index contributed by atoms with van der Waals surface area (Å²) in [6.45, 7) is 0.842. The van der Waals surface area contributed by atoms with Gasteiger partial charge in [0.05, 0.1) is 30.8 Å². The number of aliphatic hydroxyl groups excluding tert-OH is 1. The smallest absolute Gasteiger partial charge is 0.414 e. The molecule has 0 aliphatic carbocycles. The first-order valence-electron chi connectivity index (χ1n) is 8.00. The predicted molar refractivity (Wildman–Crippen MR) is 97.4 cm³/mol. The van der Waals surface area contributed by atoms with Gasteiger partial charge in [-0.3, -0.25) is 0 Å². The molecule has 11 heteroatoms. The lowest BCUT2D eigenvalue weighted by Crippen LogP contribution is -2.38. The van der Waals surface area contributed by atoms with Crippen molar-refractivity contribution in [3.05, 3.63) is 34.9 Å². The van der Waals surface area contributed by atoms with Gasteiger partial charge >= 0.3 is 11.9 Å². The van der Waals surface area contributed by atoms with Gasteiger partial charge in [0, 0.05) is 17.6 Å². The maximum Gasteiger partial charge on any atom is 0.414 e. The van der Waals surface area contributed by atoms with E-state index in [-0.39, 0.29) is 24.2 Å². The van der Waals surface area contributed by atoms with Crippen LogP contribution in [0.3, 0.4) is 0 Å². The molecule has 1 aliphatic rings. The Labute approximate surface area is 161 Å². The van der Waals surface area contributed by atoms with Gasteiger partial charge < -0.3 is 25.4 Å². The molecule has 1 fully saturated rings. The zero-order valence-corrected chi connectivity index (χ0v) is 15.9. The summed E-state index contributed by atoms with van der Waals surface area (Å²) in [5.41, 5.74) is 0.876. The average molecular weight is 424 g/mol. The van der Waals surface area contributed by atoms with Crippen LogP contribution in [0.5, 0.6) is 0 Å². The Morgan fingerprint density at radius 3 is 2.41 bits per heavy atom. The number of halogens is 1. The van der Waals surface area contributed by atoms with E-state index in [4.69, 9.17) is 36.1 Å². The highest BCUT2D eigenvalue weighted by Crippen LogP contribution is 2.15. The second-order valence-corrected chi connectivity index (χ2v) is 8.51. The van der Waals surface area contributed by atoms with Crippen molar-refractivity contribution >= 4 is 33.4 Å². The van der Waals surface area contributed by atoms with E-state index >= 15 is 0 Å². The number of carboxylic acids is 2. The van der Waals surface area contributed by atoms with Gasteiger partial charge in [-0.15, -0.1) is 0 Å². The van der Waals surface area contributed by atoms with Crippen molar-refractivity contribution in [3.8, 4) is 0 Å². The third-order valence-corrected chi connectivity index (χ3v) is 5.72. The predicted octanol–water partition coefficient (Wildman–Crippen LogP) is 0.150. The average Bonchev–Trinajstić information content (AvgIpc) is 2.94. The fraction of sp³-hybridized carbons (Fsp3) is 0.500. The van der Waals surface area contributed by atoms with E-state index < -0.39 is 27.9 Å². The minimum atomic E-state index is -2.89. The van der Waals surface area contributed by atoms with Crippen LogP contribution in [-0.4, -0.2) is 72.5 Å². The second kappa shape index (κ2) is 11.2. The third kappa shape index (κ3) is 9.68. The van der Waals surface area contributed by atoms with Gasteiger partial charge in [0.2, 0.25) is 0 Å². The van der Waals surface area contributed by atoms with Crippen molar-refractivity contribution in [2.45, 2.75) is 25.2 Å². The fourth-order valence-electron chi connectivity index (χ4n) is 2.24. The van der Waals surface area contributed by atoms with E-state index in [1.165, 1.54) is 0 Å². The first-order valence-corrected chi connectivity index (χ1v) is 10.2. The van der Waals surface area contributed by atoms with Gasteiger partial charge in [-0.1, -0.05) is 29.8 Å². The van der Waals surface area contributed by atoms with E-state index in [0.717, 1.165) is 5.56 Å². The number of ether oxygens (including phenoxy) is 1. The minimum absolute atomic E-state index is 0.0618. The summed E-state index contributed by atoms with van der Waals surface area (Å²) < 4.78 is 28.0. The standard InChI is InChI=1S/C14H20ClNO4S.C2H2O4/c15-14-4-2-1-3-11(14)8-20-9-13(17)7-16-12-5-6-21(18,19)10-12;3-1(4)2(5)6/h1-4,12-13,16-17H,5-10H2;(H,3,4)(H,5,6). The largest absolute Gasteiger partial charge is 0.473 e. The lowest BCUT2D eigenvalue weighted by atomic mass is 10.2. The molecular weight excluding hydrogens is 402 g/mol. The molecule has 0 amide bonds. The summed E-state index contributed by atoms with van der Waals surface area (Å²) in [5.74, 6) is -3.27. The summed E-state index contributed by atoms with van der Waals surface area (Å²) in [6.07, 6.45) is -0.0639. The first kappa shape index (κ1) is 23.3. The van der Waals surface area contributed by atoms with Crippen molar-refractivity contribution < 1.29 is 38.1 Å². The normalized spacial score (nSPS) is 19.0.